The predicted octanol–water partition coefficient (Wildman–Crippen LogP) is 1.67. The van der Waals surface area contributed by atoms with Gasteiger partial charge in [0.25, 0.3) is 0 Å². The molecule has 0 amide bonds. The first-order valence-electron chi connectivity index (χ1n) is 6.44. The van der Waals surface area contributed by atoms with Crippen LogP contribution in [-0.4, -0.2) is 33.9 Å². The third kappa shape index (κ3) is 4.06. The molecule has 0 aliphatic rings. The first-order valence-corrected chi connectivity index (χ1v) is 6.44. The highest BCUT2D eigenvalue weighted by atomic mass is 16.4. The quantitative estimate of drug-likeness (QED) is 0.660. The van der Waals surface area contributed by atoms with Gasteiger partial charge in [0, 0.05) is 6.61 Å². The number of hydrogen-bond donors (Lipinski definition) is 3. The highest BCUT2D eigenvalue weighted by Gasteiger charge is 2.27. The molecule has 1 aromatic rings. The molecule has 0 atom stereocenters. The number of aliphatic carboxylic acids is 2. The summed E-state index contributed by atoms with van der Waals surface area (Å²) in [4.78, 5) is 21.8. The van der Waals surface area contributed by atoms with Crippen LogP contribution in [0.2, 0.25) is 0 Å². The van der Waals surface area contributed by atoms with Crippen molar-refractivity contribution in [3.8, 4) is 0 Å². The first kappa shape index (κ1) is 16.2. The Bertz CT molecular complexity index is 479. The van der Waals surface area contributed by atoms with E-state index in [1.165, 1.54) is 0 Å². The summed E-state index contributed by atoms with van der Waals surface area (Å²) in [7, 11) is 0. The number of benzene rings is 1. The fourth-order valence-corrected chi connectivity index (χ4v) is 2.06. The molecule has 20 heavy (non-hydrogen) atoms. The molecule has 1 aromatic carbocycles. The van der Waals surface area contributed by atoms with Gasteiger partial charge in [-0.05, 0) is 29.4 Å². The van der Waals surface area contributed by atoms with Crippen LogP contribution in [0.15, 0.2) is 24.3 Å². The predicted molar refractivity (Wildman–Crippen MR) is 73.6 cm³/mol. The summed E-state index contributed by atoms with van der Waals surface area (Å²) in [6, 6.07) is 7.21. The molecule has 0 radical (unpaired) electrons. The Hall–Kier alpha value is -1.88. The van der Waals surface area contributed by atoms with Crippen LogP contribution in [0.5, 0.6) is 0 Å². The average molecular weight is 280 g/mol. The molecule has 0 aliphatic carbocycles. The molecule has 0 aliphatic heterocycles. The number of carboxylic acid groups (broad SMARTS) is 2. The topological polar surface area (TPSA) is 94.8 Å². The second kappa shape index (κ2) is 6.52. The second-order valence-corrected chi connectivity index (χ2v) is 5.49. The Kier molecular flexibility index (Phi) is 5.27. The molecule has 0 saturated carbocycles. The third-order valence-corrected chi connectivity index (χ3v) is 3.48. The van der Waals surface area contributed by atoms with E-state index in [4.69, 9.17) is 15.3 Å². The molecule has 110 valence electrons. The molecule has 1 rings (SSSR count). The molecule has 0 aromatic heterocycles. The Balaban J connectivity index is 2.99. The van der Waals surface area contributed by atoms with E-state index in [0.29, 0.717) is 12.0 Å². The number of aliphatic hydroxyl groups is 1. The van der Waals surface area contributed by atoms with Crippen molar-refractivity contribution in [2.45, 2.75) is 32.1 Å². The normalized spacial score (nSPS) is 11.6. The lowest BCUT2D eigenvalue weighted by atomic mass is 9.80. The molecule has 0 unspecified atom stereocenters. The summed E-state index contributed by atoms with van der Waals surface area (Å²) < 4.78 is 0. The van der Waals surface area contributed by atoms with Gasteiger partial charge in [-0.1, -0.05) is 38.1 Å². The minimum Gasteiger partial charge on any atom is -0.481 e. The van der Waals surface area contributed by atoms with E-state index in [0.717, 1.165) is 5.56 Å². The highest BCUT2D eigenvalue weighted by Crippen LogP contribution is 2.27. The van der Waals surface area contributed by atoms with Gasteiger partial charge in [-0.3, -0.25) is 9.59 Å². The highest BCUT2D eigenvalue weighted by molar-refractivity contribution is 5.93. The van der Waals surface area contributed by atoms with E-state index in [1.807, 2.05) is 26.0 Å². The van der Waals surface area contributed by atoms with Crippen molar-refractivity contribution in [1.82, 2.24) is 0 Å². The summed E-state index contributed by atoms with van der Waals surface area (Å²) in [6.45, 7) is 4.02. The van der Waals surface area contributed by atoms with E-state index < -0.39 is 17.9 Å². The van der Waals surface area contributed by atoms with E-state index in [9.17, 15) is 9.59 Å². The molecule has 3 N–H and O–H groups in total. The maximum atomic E-state index is 10.9. The number of aliphatic hydroxyl groups excluding tert-OH is 1. The van der Waals surface area contributed by atoms with Crippen molar-refractivity contribution in [1.29, 1.82) is 0 Å². The summed E-state index contributed by atoms with van der Waals surface area (Å²) in [6.07, 6.45) is 0.533. The Labute approximate surface area is 117 Å². The smallest absolute Gasteiger partial charge is 0.318 e. The SMILES string of the molecule is CC(C)(CCO)c1cccc(CC(C(=O)O)C(=O)O)c1. The van der Waals surface area contributed by atoms with Gasteiger partial charge in [-0.15, -0.1) is 0 Å². The maximum absolute atomic E-state index is 10.9. The summed E-state index contributed by atoms with van der Waals surface area (Å²) in [5.41, 5.74) is 1.38. The van der Waals surface area contributed by atoms with Crippen molar-refractivity contribution in [2.75, 3.05) is 6.61 Å². The van der Waals surface area contributed by atoms with E-state index in [-0.39, 0.29) is 18.4 Å². The van der Waals surface area contributed by atoms with Gasteiger partial charge in [0.15, 0.2) is 5.92 Å². The van der Waals surface area contributed by atoms with Crippen LogP contribution >= 0.6 is 0 Å². The van der Waals surface area contributed by atoms with Gasteiger partial charge in [0.1, 0.15) is 0 Å². The van der Waals surface area contributed by atoms with Gasteiger partial charge in [-0.25, -0.2) is 0 Å². The summed E-state index contributed by atoms with van der Waals surface area (Å²) in [5.74, 6) is -4.11. The molecular formula is C15H20O5. The van der Waals surface area contributed by atoms with Crippen molar-refractivity contribution in [3.63, 3.8) is 0 Å². The third-order valence-electron chi connectivity index (χ3n) is 3.48. The zero-order chi connectivity index (χ0) is 15.3. The minimum absolute atomic E-state index is 0.0479. The molecule has 0 heterocycles. The number of carbonyl (C=O) groups is 2. The first-order chi connectivity index (χ1) is 9.27. The van der Waals surface area contributed by atoms with Crippen molar-refractivity contribution >= 4 is 11.9 Å². The maximum Gasteiger partial charge on any atom is 0.318 e. The van der Waals surface area contributed by atoms with Crippen molar-refractivity contribution in [2.24, 2.45) is 5.92 Å². The van der Waals surface area contributed by atoms with Crippen LogP contribution in [-0.2, 0) is 21.4 Å². The van der Waals surface area contributed by atoms with Crippen LogP contribution in [0.4, 0.5) is 0 Å². The van der Waals surface area contributed by atoms with Gasteiger partial charge in [0.2, 0.25) is 0 Å². The lowest BCUT2D eigenvalue weighted by molar-refractivity contribution is -0.154. The van der Waals surface area contributed by atoms with Gasteiger partial charge in [-0.2, -0.15) is 0 Å². The van der Waals surface area contributed by atoms with E-state index in [1.54, 1.807) is 12.1 Å². The molecule has 0 saturated heterocycles. The second-order valence-electron chi connectivity index (χ2n) is 5.49. The largest absolute Gasteiger partial charge is 0.481 e. The van der Waals surface area contributed by atoms with Gasteiger partial charge in [0.05, 0.1) is 0 Å². The fraction of sp³-hybridized carbons (Fsp3) is 0.467. The van der Waals surface area contributed by atoms with Crippen LogP contribution in [0.1, 0.15) is 31.4 Å². The van der Waals surface area contributed by atoms with Crippen LogP contribution in [0.3, 0.4) is 0 Å². The zero-order valence-electron chi connectivity index (χ0n) is 11.7. The van der Waals surface area contributed by atoms with Crippen molar-refractivity contribution < 1.29 is 24.9 Å². The Morgan fingerprint density at radius 2 is 1.80 bits per heavy atom. The van der Waals surface area contributed by atoms with Crippen LogP contribution in [0, 0.1) is 5.92 Å². The zero-order valence-corrected chi connectivity index (χ0v) is 11.7. The van der Waals surface area contributed by atoms with E-state index in [2.05, 4.69) is 0 Å². The monoisotopic (exact) mass is 280 g/mol. The summed E-state index contributed by atoms with van der Waals surface area (Å²) in [5, 5.41) is 26.9. The van der Waals surface area contributed by atoms with Crippen LogP contribution in [0.25, 0.3) is 0 Å². The molecule has 5 nitrogen and oxygen atoms in total. The number of hydrogen-bond acceptors (Lipinski definition) is 3. The number of carboxylic acids is 2. The average Bonchev–Trinajstić information content (AvgIpc) is 2.35. The lowest BCUT2D eigenvalue weighted by Gasteiger charge is -2.25. The molecule has 0 fully saturated rings. The minimum atomic E-state index is -1.44. The molecule has 0 spiro atoms. The van der Waals surface area contributed by atoms with Gasteiger partial charge >= 0.3 is 11.9 Å². The standard InChI is InChI=1S/C15H20O5/c1-15(2,6-7-16)11-5-3-4-10(8-11)9-12(13(17)18)14(19)20/h3-5,8,12,16H,6-7,9H2,1-2H3,(H,17,18)(H,19,20). The fourth-order valence-electron chi connectivity index (χ4n) is 2.06. The number of rotatable bonds is 7. The Morgan fingerprint density at radius 3 is 2.30 bits per heavy atom. The Morgan fingerprint density at radius 1 is 1.20 bits per heavy atom. The van der Waals surface area contributed by atoms with Crippen LogP contribution < -0.4 is 0 Å². The van der Waals surface area contributed by atoms with Crippen molar-refractivity contribution in [3.05, 3.63) is 35.4 Å². The molecular weight excluding hydrogens is 260 g/mol. The van der Waals surface area contributed by atoms with E-state index >= 15 is 0 Å². The summed E-state index contributed by atoms with van der Waals surface area (Å²) >= 11 is 0. The lowest BCUT2D eigenvalue weighted by Crippen LogP contribution is -2.26. The molecule has 0 bridgehead atoms. The molecule has 5 heteroatoms. The van der Waals surface area contributed by atoms with Gasteiger partial charge < -0.3 is 15.3 Å².